The third kappa shape index (κ3) is 3.25. The summed E-state index contributed by atoms with van der Waals surface area (Å²) in [5.41, 5.74) is 5.28. The summed E-state index contributed by atoms with van der Waals surface area (Å²) in [5, 5.41) is 4.26. The molecule has 0 fully saturated rings. The number of aryl methyl sites for hydroxylation is 1. The quantitative estimate of drug-likeness (QED) is 0.667. The van der Waals surface area contributed by atoms with E-state index < -0.39 is 0 Å². The van der Waals surface area contributed by atoms with Crippen LogP contribution in [0.15, 0.2) is 48.5 Å². The molecule has 5 rings (SSSR count). The van der Waals surface area contributed by atoms with Gasteiger partial charge in [-0.2, -0.15) is 0 Å². The van der Waals surface area contributed by atoms with Crippen LogP contribution in [0.3, 0.4) is 0 Å². The fourth-order valence-electron chi connectivity index (χ4n) is 5.17. The summed E-state index contributed by atoms with van der Waals surface area (Å²) in [5.74, 6) is 0.576. The molecule has 2 aliphatic rings. The van der Waals surface area contributed by atoms with Crippen molar-refractivity contribution in [1.82, 2.24) is 14.8 Å². The van der Waals surface area contributed by atoms with Crippen LogP contribution in [0.5, 0.6) is 0 Å². The highest BCUT2D eigenvalue weighted by atomic mass is 16.2. The number of nitrogens with one attached hydrogen (secondary N) is 1. The van der Waals surface area contributed by atoms with Gasteiger partial charge in [0.15, 0.2) is 0 Å². The largest absolute Gasteiger partial charge is 0.356 e. The van der Waals surface area contributed by atoms with Gasteiger partial charge < -0.3 is 19.7 Å². The molecule has 0 saturated heterocycles. The number of hydrogen-bond acceptors (Lipinski definition) is 3. The number of benzene rings is 2. The lowest BCUT2D eigenvalue weighted by Gasteiger charge is -2.46. The molecule has 1 aromatic heterocycles. The Morgan fingerprint density at radius 3 is 2.69 bits per heavy atom. The van der Waals surface area contributed by atoms with Crippen molar-refractivity contribution in [3.63, 3.8) is 0 Å². The Bertz CT molecular complexity index is 1200. The van der Waals surface area contributed by atoms with Crippen LogP contribution in [0.2, 0.25) is 0 Å². The van der Waals surface area contributed by atoms with Gasteiger partial charge in [-0.05, 0) is 36.1 Å². The molecule has 2 amide bonds. The smallest absolute Gasteiger partial charge is 0.257 e. The molecule has 6 heteroatoms. The number of aromatic nitrogens is 1. The zero-order valence-corrected chi connectivity index (χ0v) is 19.0. The van der Waals surface area contributed by atoms with Crippen LogP contribution in [0, 0.1) is 5.92 Å². The van der Waals surface area contributed by atoms with Crippen LogP contribution < -0.4 is 10.2 Å². The lowest BCUT2D eigenvalue weighted by Crippen LogP contribution is -2.51. The van der Waals surface area contributed by atoms with E-state index in [1.807, 2.05) is 35.2 Å². The number of rotatable bonds is 5. The monoisotopic (exact) mass is 430 g/mol. The highest BCUT2D eigenvalue weighted by Crippen LogP contribution is 2.44. The normalized spacial score (nSPS) is 17.4. The molecule has 2 aliphatic heterocycles. The molecule has 32 heavy (non-hydrogen) atoms. The number of carbonyl (C=O) groups is 2. The van der Waals surface area contributed by atoms with Crippen molar-refractivity contribution in [3.8, 4) is 0 Å². The standard InChI is InChI=1S/C26H30N4O2/c1-17(2)16-27-23(31)13-15-29-22-11-7-4-8-18(22)19-12-14-30-25(24(19)29)28(3)21-10-6-5-9-20(21)26(30)32/h4-11,17,25H,12-16H2,1-3H3,(H,27,31)/t25-/m0/s1. The van der Waals surface area contributed by atoms with Crippen LogP contribution in [0.25, 0.3) is 10.9 Å². The second-order valence-electron chi connectivity index (χ2n) is 9.23. The van der Waals surface area contributed by atoms with Crippen molar-refractivity contribution in [2.24, 2.45) is 5.92 Å². The van der Waals surface area contributed by atoms with Gasteiger partial charge in [-0.3, -0.25) is 9.59 Å². The summed E-state index contributed by atoms with van der Waals surface area (Å²) in [4.78, 5) is 30.1. The molecule has 166 valence electrons. The van der Waals surface area contributed by atoms with E-state index in [0.717, 1.165) is 28.9 Å². The minimum Gasteiger partial charge on any atom is -0.356 e. The van der Waals surface area contributed by atoms with Gasteiger partial charge in [0.25, 0.3) is 5.91 Å². The number of nitrogens with zero attached hydrogens (tertiary/aromatic N) is 3. The first-order valence-electron chi connectivity index (χ1n) is 11.5. The zero-order valence-electron chi connectivity index (χ0n) is 19.0. The van der Waals surface area contributed by atoms with Crippen molar-refractivity contribution in [2.45, 2.75) is 39.4 Å². The number of amides is 2. The Balaban J connectivity index is 1.58. The van der Waals surface area contributed by atoms with Crippen molar-refractivity contribution < 1.29 is 9.59 Å². The molecule has 3 aromatic rings. The van der Waals surface area contributed by atoms with Crippen molar-refractivity contribution in [2.75, 3.05) is 25.0 Å². The minimum atomic E-state index is -0.174. The zero-order chi connectivity index (χ0) is 22.4. The summed E-state index contributed by atoms with van der Waals surface area (Å²) in [7, 11) is 2.06. The van der Waals surface area contributed by atoms with E-state index >= 15 is 0 Å². The molecule has 2 aromatic carbocycles. The predicted molar refractivity (Wildman–Crippen MR) is 127 cm³/mol. The maximum Gasteiger partial charge on any atom is 0.257 e. The molecular formula is C26H30N4O2. The van der Waals surface area contributed by atoms with Gasteiger partial charge in [-0.25, -0.2) is 0 Å². The van der Waals surface area contributed by atoms with E-state index in [-0.39, 0.29) is 18.0 Å². The summed E-state index contributed by atoms with van der Waals surface area (Å²) in [6.07, 6.45) is 1.06. The fourth-order valence-corrected chi connectivity index (χ4v) is 5.17. The summed E-state index contributed by atoms with van der Waals surface area (Å²) in [6.45, 7) is 6.16. The van der Waals surface area contributed by atoms with Gasteiger partial charge in [0, 0.05) is 44.0 Å². The van der Waals surface area contributed by atoms with E-state index in [9.17, 15) is 9.59 Å². The Morgan fingerprint density at radius 1 is 1.12 bits per heavy atom. The third-order valence-electron chi connectivity index (χ3n) is 6.67. The van der Waals surface area contributed by atoms with Crippen LogP contribution in [0.1, 0.15) is 48.0 Å². The van der Waals surface area contributed by atoms with Crippen LogP contribution in [0.4, 0.5) is 5.69 Å². The topological polar surface area (TPSA) is 57.6 Å². The number of fused-ring (bicyclic) bond motifs is 6. The molecule has 6 nitrogen and oxygen atoms in total. The first kappa shape index (κ1) is 20.6. The summed E-state index contributed by atoms with van der Waals surface area (Å²) in [6, 6.07) is 16.2. The van der Waals surface area contributed by atoms with Gasteiger partial charge in [0.05, 0.1) is 16.9 Å². The Hall–Kier alpha value is -3.28. The SMILES string of the molecule is CC(C)CNC(=O)CCn1c2c(c3ccccc31)CCN1C(=O)c3ccccc3N(C)[C@H]21. The fraction of sp³-hybridized carbons (Fsp3) is 0.385. The molecule has 0 unspecified atom stereocenters. The number of carbonyl (C=O) groups excluding carboxylic acids is 2. The maximum atomic E-state index is 13.4. The van der Waals surface area contributed by atoms with Crippen LogP contribution in [-0.4, -0.2) is 41.4 Å². The van der Waals surface area contributed by atoms with E-state index in [0.29, 0.717) is 32.0 Å². The molecule has 1 atom stereocenters. The van der Waals surface area contributed by atoms with Gasteiger partial charge in [-0.15, -0.1) is 0 Å². The second-order valence-corrected chi connectivity index (χ2v) is 9.23. The molecule has 0 bridgehead atoms. The molecule has 0 aliphatic carbocycles. The average Bonchev–Trinajstić information content (AvgIpc) is 3.13. The highest BCUT2D eigenvalue weighted by Gasteiger charge is 2.42. The first-order chi connectivity index (χ1) is 15.5. The third-order valence-corrected chi connectivity index (χ3v) is 6.67. The van der Waals surface area contributed by atoms with E-state index in [1.165, 1.54) is 10.9 Å². The molecule has 3 heterocycles. The van der Waals surface area contributed by atoms with E-state index in [4.69, 9.17) is 0 Å². The lowest BCUT2D eigenvalue weighted by atomic mass is 9.96. The molecule has 1 N–H and O–H groups in total. The predicted octanol–water partition coefficient (Wildman–Crippen LogP) is 3.95. The van der Waals surface area contributed by atoms with Gasteiger partial charge in [0.2, 0.25) is 5.91 Å². The Labute approximate surface area is 188 Å². The van der Waals surface area contributed by atoms with Crippen molar-refractivity contribution in [3.05, 3.63) is 65.4 Å². The molecule has 0 saturated carbocycles. The van der Waals surface area contributed by atoms with E-state index in [2.05, 4.69) is 53.9 Å². The maximum absolute atomic E-state index is 13.4. The molecular weight excluding hydrogens is 400 g/mol. The number of hydrogen-bond donors (Lipinski definition) is 1. The van der Waals surface area contributed by atoms with E-state index in [1.54, 1.807) is 0 Å². The highest BCUT2D eigenvalue weighted by molar-refractivity contribution is 6.02. The second kappa shape index (κ2) is 8.01. The lowest BCUT2D eigenvalue weighted by molar-refractivity contribution is -0.121. The molecule has 0 radical (unpaired) electrons. The summed E-state index contributed by atoms with van der Waals surface area (Å²) < 4.78 is 2.27. The van der Waals surface area contributed by atoms with Crippen LogP contribution in [-0.2, 0) is 17.8 Å². The van der Waals surface area contributed by atoms with Gasteiger partial charge in [0.1, 0.15) is 6.17 Å². The molecule has 0 spiro atoms. The van der Waals surface area contributed by atoms with Crippen molar-refractivity contribution in [1.29, 1.82) is 0 Å². The van der Waals surface area contributed by atoms with Crippen molar-refractivity contribution >= 4 is 28.4 Å². The number of para-hydroxylation sites is 2. The first-order valence-corrected chi connectivity index (χ1v) is 11.5. The Morgan fingerprint density at radius 2 is 1.88 bits per heavy atom. The minimum absolute atomic E-state index is 0.0660. The van der Waals surface area contributed by atoms with Gasteiger partial charge in [-0.1, -0.05) is 44.2 Å². The van der Waals surface area contributed by atoms with Gasteiger partial charge >= 0.3 is 0 Å². The number of anilines is 1. The van der Waals surface area contributed by atoms with Crippen LogP contribution >= 0.6 is 0 Å². The summed E-state index contributed by atoms with van der Waals surface area (Å²) >= 11 is 0. The average molecular weight is 431 g/mol. The Kier molecular flexibility index (Phi) is 5.16.